The highest BCUT2D eigenvalue weighted by molar-refractivity contribution is 5.95. The molecule has 0 bridgehead atoms. The van der Waals surface area contributed by atoms with Crippen LogP contribution in [0.2, 0.25) is 0 Å². The van der Waals surface area contributed by atoms with Crippen molar-refractivity contribution in [3.8, 4) is 11.5 Å². The second-order valence-electron chi connectivity index (χ2n) is 6.83. The number of benzene rings is 3. The molecule has 0 radical (unpaired) electrons. The number of hydrogen-bond donors (Lipinski definition) is 1. The minimum absolute atomic E-state index is 0.238. The molecule has 1 amide bonds. The van der Waals surface area contributed by atoms with Gasteiger partial charge in [0.15, 0.2) is 11.5 Å². The first-order chi connectivity index (χ1) is 17.2. The Morgan fingerprint density at radius 1 is 0.861 bits per heavy atom. The van der Waals surface area contributed by atoms with E-state index in [-0.39, 0.29) is 11.3 Å². The fourth-order valence-electron chi connectivity index (χ4n) is 2.84. The fourth-order valence-corrected chi connectivity index (χ4v) is 2.84. The van der Waals surface area contributed by atoms with Gasteiger partial charge >= 0.3 is 5.97 Å². The van der Waals surface area contributed by atoms with Gasteiger partial charge in [0.1, 0.15) is 5.56 Å². The van der Waals surface area contributed by atoms with Gasteiger partial charge in [-0.3, -0.25) is 25.0 Å². The lowest BCUT2D eigenvalue weighted by atomic mass is 10.1. The van der Waals surface area contributed by atoms with Crippen LogP contribution < -0.4 is 15.0 Å². The maximum Gasteiger partial charge on any atom is 0.369 e. The molecule has 0 saturated carbocycles. The maximum absolute atomic E-state index is 12.3. The molecule has 0 unspecified atom stereocenters. The summed E-state index contributed by atoms with van der Waals surface area (Å²) in [4.78, 5) is 49.6. The van der Waals surface area contributed by atoms with Gasteiger partial charge in [-0.15, -0.1) is 10.2 Å². The number of amides is 1. The molecule has 0 spiro atoms. The number of nitrogens with one attached hydrogen (secondary N) is 1. The molecule has 0 heterocycles. The van der Waals surface area contributed by atoms with E-state index in [4.69, 9.17) is 14.3 Å². The summed E-state index contributed by atoms with van der Waals surface area (Å²) in [5.74, 6) is -0.918. The van der Waals surface area contributed by atoms with Gasteiger partial charge in [0.25, 0.3) is 17.3 Å². The van der Waals surface area contributed by atoms with Gasteiger partial charge in [0.2, 0.25) is 0 Å². The van der Waals surface area contributed by atoms with Crippen LogP contribution in [-0.4, -0.2) is 35.9 Å². The van der Waals surface area contributed by atoms with Crippen molar-refractivity contribution in [2.24, 2.45) is 10.2 Å². The van der Waals surface area contributed by atoms with Gasteiger partial charge < -0.3 is 14.3 Å². The Kier molecular flexibility index (Phi) is 7.81. The van der Waals surface area contributed by atoms with E-state index in [0.29, 0.717) is 23.3 Å². The van der Waals surface area contributed by atoms with E-state index in [1.807, 2.05) is 0 Å². The summed E-state index contributed by atoms with van der Waals surface area (Å²) in [5.41, 5.74) is 1.35. The molecule has 14 heteroatoms. The van der Waals surface area contributed by atoms with Crippen LogP contribution in [0.4, 0.5) is 22.7 Å². The minimum atomic E-state index is -1.12. The number of azo groups is 1. The highest BCUT2D eigenvalue weighted by Gasteiger charge is 2.25. The van der Waals surface area contributed by atoms with E-state index in [1.54, 1.807) is 6.07 Å². The van der Waals surface area contributed by atoms with E-state index in [2.05, 4.69) is 15.7 Å². The molecule has 184 valence electrons. The van der Waals surface area contributed by atoms with Crippen molar-refractivity contribution >= 4 is 34.6 Å². The van der Waals surface area contributed by atoms with Gasteiger partial charge in [-0.25, -0.2) is 10.3 Å². The number of carbonyl (C=O) groups is 2. The molecule has 0 fully saturated rings. The number of carbonyl (C=O) groups excluding carboxylic acids is 2. The van der Waals surface area contributed by atoms with Crippen LogP contribution in [0.1, 0.15) is 20.7 Å². The lowest BCUT2D eigenvalue weighted by Gasteiger charge is -2.07. The number of anilines is 1. The van der Waals surface area contributed by atoms with E-state index >= 15 is 0 Å². The summed E-state index contributed by atoms with van der Waals surface area (Å²) < 4.78 is 10.3. The maximum atomic E-state index is 12.3. The largest absolute Gasteiger partial charge is 0.493 e. The van der Waals surface area contributed by atoms with Crippen LogP contribution in [0.25, 0.3) is 0 Å². The standard InChI is InChI=1S/C22H17N5O9/c1-34-19-10-3-13(11-20(19)35-2)21(28)24-23-14-4-6-15(7-5-14)25-36-22(29)17-9-8-16(26(30)31)12-18(17)27(32)33/h3-12,25H,1-2H3. The van der Waals surface area contributed by atoms with Crippen LogP contribution in [0.3, 0.4) is 0 Å². The van der Waals surface area contributed by atoms with Gasteiger partial charge in [-0.1, -0.05) is 0 Å². The first-order valence-corrected chi connectivity index (χ1v) is 9.91. The zero-order valence-electron chi connectivity index (χ0n) is 18.7. The summed E-state index contributed by atoms with van der Waals surface area (Å²) in [6.07, 6.45) is 0. The summed E-state index contributed by atoms with van der Waals surface area (Å²) in [7, 11) is 2.91. The summed E-state index contributed by atoms with van der Waals surface area (Å²) >= 11 is 0. The monoisotopic (exact) mass is 495 g/mol. The summed E-state index contributed by atoms with van der Waals surface area (Å²) in [6, 6.07) is 12.9. The van der Waals surface area contributed by atoms with Crippen molar-refractivity contribution in [3.05, 3.63) is 92.0 Å². The number of nitro benzene ring substituents is 2. The number of non-ortho nitro benzene ring substituents is 1. The Hall–Kier alpha value is -5.40. The Labute approximate surface area is 202 Å². The molecule has 0 aliphatic carbocycles. The van der Waals surface area contributed by atoms with Crippen molar-refractivity contribution in [3.63, 3.8) is 0 Å². The lowest BCUT2D eigenvalue weighted by Crippen LogP contribution is -2.12. The van der Waals surface area contributed by atoms with Crippen molar-refractivity contribution in [2.75, 3.05) is 19.7 Å². The number of nitrogens with zero attached hydrogens (tertiary/aromatic N) is 4. The predicted molar refractivity (Wildman–Crippen MR) is 124 cm³/mol. The van der Waals surface area contributed by atoms with E-state index in [1.165, 1.54) is 50.6 Å². The molecule has 0 aliphatic rings. The number of ether oxygens (including phenoxy) is 2. The molecule has 0 atom stereocenters. The van der Waals surface area contributed by atoms with Crippen LogP contribution in [-0.2, 0) is 4.84 Å². The van der Waals surface area contributed by atoms with Gasteiger partial charge in [0, 0.05) is 11.6 Å². The highest BCUT2D eigenvalue weighted by atomic mass is 16.7. The molecular formula is C22H17N5O9. The number of methoxy groups -OCH3 is 2. The highest BCUT2D eigenvalue weighted by Crippen LogP contribution is 2.28. The summed E-state index contributed by atoms with van der Waals surface area (Å²) in [5, 5.41) is 29.5. The fraction of sp³-hybridized carbons (Fsp3) is 0.0909. The van der Waals surface area contributed by atoms with Crippen LogP contribution in [0, 0.1) is 20.2 Å². The van der Waals surface area contributed by atoms with Crippen LogP contribution >= 0.6 is 0 Å². The molecule has 14 nitrogen and oxygen atoms in total. The molecule has 3 aromatic rings. The van der Waals surface area contributed by atoms with E-state index in [0.717, 1.165) is 12.1 Å². The van der Waals surface area contributed by atoms with E-state index < -0.39 is 38.7 Å². The third-order valence-electron chi connectivity index (χ3n) is 4.62. The number of hydrogen-bond acceptors (Lipinski definition) is 11. The van der Waals surface area contributed by atoms with Gasteiger partial charge in [-0.05, 0) is 48.5 Å². The van der Waals surface area contributed by atoms with Crippen molar-refractivity contribution in [1.82, 2.24) is 0 Å². The zero-order valence-corrected chi connectivity index (χ0v) is 18.7. The Morgan fingerprint density at radius 2 is 1.56 bits per heavy atom. The molecule has 0 saturated heterocycles. The number of rotatable bonds is 9. The van der Waals surface area contributed by atoms with Gasteiger partial charge in [-0.2, -0.15) is 0 Å². The average Bonchev–Trinajstić information content (AvgIpc) is 2.89. The third kappa shape index (κ3) is 5.93. The number of nitro groups is 2. The normalized spacial score (nSPS) is 10.5. The van der Waals surface area contributed by atoms with Gasteiger partial charge in [0.05, 0.1) is 41.5 Å². The Balaban J connectivity index is 1.64. The SMILES string of the molecule is COc1ccc(C(=O)N=Nc2ccc(NOC(=O)c3ccc([N+](=O)[O-])cc3[N+](=O)[O-])cc2)cc1OC. The van der Waals surface area contributed by atoms with Crippen molar-refractivity contribution < 1.29 is 33.7 Å². The second-order valence-corrected chi connectivity index (χ2v) is 6.83. The average molecular weight is 495 g/mol. The quantitative estimate of drug-likeness (QED) is 0.249. The summed E-state index contributed by atoms with van der Waals surface area (Å²) in [6.45, 7) is 0. The molecule has 1 N–H and O–H groups in total. The minimum Gasteiger partial charge on any atom is -0.493 e. The topological polar surface area (TPSA) is 185 Å². The molecule has 3 aromatic carbocycles. The Morgan fingerprint density at radius 3 is 2.17 bits per heavy atom. The molecule has 36 heavy (non-hydrogen) atoms. The first-order valence-electron chi connectivity index (χ1n) is 9.91. The van der Waals surface area contributed by atoms with Crippen LogP contribution in [0.15, 0.2) is 70.9 Å². The molecular weight excluding hydrogens is 478 g/mol. The molecule has 3 rings (SSSR count). The lowest BCUT2D eigenvalue weighted by molar-refractivity contribution is -0.394. The predicted octanol–water partition coefficient (Wildman–Crippen LogP) is 4.63. The van der Waals surface area contributed by atoms with Crippen molar-refractivity contribution in [2.45, 2.75) is 0 Å². The first kappa shape index (κ1) is 25.2. The molecule has 0 aromatic heterocycles. The second kappa shape index (κ2) is 11.1. The smallest absolute Gasteiger partial charge is 0.369 e. The van der Waals surface area contributed by atoms with E-state index in [9.17, 15) is 29.8 Å². The zero-order chi connectivity index (χ0) is 26.2. The third-order valence-corrected chi connectivity index (χ3v) is 4.62. The molecule has 0 aliphatic heterocycles. The van der Waals surface area contributed by atoms with Crippen LogP contribution in [0.5, 0.6) is 11.5 Å². The Bertz CT molecular complexity index is 1360. The van der Waals surface area contributed by atoms with Crippen molar-refractivity contribution in [1.29, 1.82) is 0 Å².